The molecule has 1 aliphatic rings. The van der Waals surface area contributed by atoms with Gasteiger partial charge in [0.25, 0.3) is 0 Å². The Morgan fingerprint density at radius 3 is 2.88 bits per heavy atom. The summed E-state index contributed by atoms with van der Waals surface area (Å²) in [4.78, 5) is 7.39. The third-order valence-corrected chi connectivity index (χ3v) is 5.45. The van der Waals surface area contributed by atoms with Crippen LogP contribution < -0.4 is 0 Å². The number of aromatic nitrogens is 5. The maximum absolute atomic E-state index is 12.6. The predicted octanol–water partition coefficient (Wildman–Crippen LogP) is 4.47. The Morgan fingerprint density at radius 1 is 1.28 bits per heavy atom. The topological polar surface area (TPSA) is 58.9 Å². The fourth-order valence-electron chi connectivity index (χ4n) is 4.25. The van der Waals surface area contributed by atoms with Crippen molar-refractivity contribution in [2.24, 2.45) is 11.8 Å². The minimum absolute atomic E-state index is 0.0903. The molecule has 0 saturated heterocycles. The quantitative estimate of drug-likeness (QED) is 0.754. The van der Waals surface area contributed by atoms with Gasteiger partial charge in [-0.15, -0.1) is 10.2 Å². The van der Waals surface area contributed by atoms with Crippen molar-refractivity contribution in [2.75, 3.05) is 0 Å². The van der Waals surface area contributed by atoms with Gasteiger partial charge in [0.05, 0.1) is 11.7 Å². The molecule has 1 aliphatic carbocycles. The molecule has 1 saturated carbocycles. The normalized spacial score (nSPS) is 24.6. The van der Waals surface area contributed by atoms with Crippen LogP contribution in [0.15, 0.2) is 18.5 Å². The van der Waals surface area contributed by atoms with Gasteiger partial charge < -0.3 is 4.98 Å². The second-order valence-electron chi connectivity index (χ2n) is 6.99. The van der Waals surface area contributed by atoms with Gasteiger partial charge in [0.2, 0.25) is 0 Å². The Labute approximate surface area is 142 Å². The molecule has 1 N–H and O–H groups in total. The molecule has 3 atom stereocenters. The summed E-state index contributed by atoms with van der Waals surface area (Å²) in [5, 5.41) is 8.61. The Balaban J connectivity index is 1.66. The number of hydrogen-bond acceptors (Lipinski definition) is 3. The largest absolute Gasteiger partial charge is 0.389 e. The Bertz CT molecular complexity index is 881. The van der Waals surface area contributed by atoms with E-state index in [0.29, 0.717) is 11.6 Å². The molecule has 134 valence electrons. The molecule has 5 nitrogen and oxygen atoms in total. The number of H-pyrrole nitrogens is 1. The van der Waals surface area contributed by atoms with E-state index in [1.165, 1.54) is 0 Å². The Morgan fingerprint density at radius 2 is 2.12 bits per heavy atom. The van der Waals surface area contributed by atoms with Crippen LogP contribution in [0.5, 0.6) is 0 Å². The number of nitrogens with zero attached hydrogens (tertiary/aromatic N) is 4. The molecular formula is C17H20F3N5. The van der Waals surface area contributed by atoms with Gasteiger partial charge in [-0.3, -0.25) is 4.40 Å². The minimum Gasteiger partial charge on any atom is -0.345 e. The monoisotopic (exact) mass is 351 g/mol. The molecule has 0 spiro atoms. The minimum atomic E-state index is -4.08. The SMILES string of the molecule is CC[C@@H]1C[C@H](CCC(F)(F)F)C[C@@H]1c1nnc2cnc3[nH]ccc3n12. The molecule has 0 aromatic carbocycles. The number of hydrogen-bond donors (Lipinski definition) is 1. The first-order valence-electron chi connectivity index (χ1n) is 8.70. The highest BCUT2D eigenvalue weighted by Crippen LogP contribution is 2.46. The molecule has 4 rings (SSSR count). The van der Waals surface area contributed by atoms with Gasteiger partial charge in [0.1, 0.15) is 5.82 Å². The van der Waals surface area contributed by atoms with E-state index >= 15 is 0 Å². The van der Waals surface area contributed by atoms with Crippen molar-refractivity contribution in [1.29, 1.82) is 0 Å². The van der Waals surface area contributed by atoms with Crippen LogP contribution in [0.25, 0.3) is 16.8 Å². The molecular weight excluding hydrogens is 331 g/mol. The number of alkyl halides is 3. The van der Waals surface area contributed by atoms with E-state index in [1.807, 2.05) is 16.7 Å². The second-order valence-corrected chi connectivity index (χ2v) is 6.99. The predicted molar refractivity (Wildman–Crippen MR) is 87.2 cm³/mol. The second kappa shape index (κ2) is 6.00. The van der Waals surface area contributed by atoms with Crippen LogP contribution in [-0.4, -0.2) is 30.7 Å². The van der Waals surface area contributed by atoms with Gasteiger partial charge in [0.15, 0.2) is 11.3 Å². The van der Waals surface area contributed by atoms with Gasteiger partial charge in [0, 0.05) is 18.5 Å². The first kappa shape index (κ1) is 16.4. The molecule has 0 radical (unpaired) electrons. The number of aromatic amines is 1. The summed E-state index contributed by atoms with van der Waals surface area (Å²) in [6.45, 7) is 2.10. The molecule has 3 aromatic rings. The fourth-order valence-corrected chi connectivity index (χ4v) is 4.25. The first-order chi connectivity index (χ1) is 12.0. The van der Waals surface area contributed by atoms with Crippen LogP contribution >= 0.6 is 0 Å². The Kier molecular flexibility index (Phi) is 3.92. The van der Waals surface area contributed by atoms with Crippen molar-refractivity contribution in [3.8, 4) is 0 Å². The summed E-state index contributed by atoms with van der Waals surface area (Å²) in [5.41, 5.74) is 2.34. The van der Waals surface area contributed by atoms with Crippen molar-refractivity contribution in [1.82, 2.24) is 24.6 Å². The van der Waals surface area contributed by atoms with Gasteiger partial charge in [-0.25, -0.2) is 4.98 Å². The molecule has 3 heterocycles. The number of fused-ring (bicyclic) bond motifs is 3. The zero-order chi connectivity index (χ0) is 17.6. The average molecular weight is 351 g/mol. The van der Waals surface area contributed by atoms with E-state index in [1.54, 1.807) is 6.20 Å². The summed E-state index contributed by atoms with van der Waals surface area (Å²) < 4.78 is 39.7. The standard InChI is InChI=1S/C17H20F3N5/c1-2-11-7-10(3-5-17(18,19)20)8-12(11)16-24-23-14-9-22-15-13(25(14)16)4-6-21-15/h4,6,9-12,21H,2-3,5,7-8H2,1H3/t10-,11+,12-/m0/s1. The summed E-state index contributed by atoms with van der Waals surface area (Å²) in [7, 11) is 0. The van der Waals surface area contributed by atoms with Crippen molar-refractivity contribution in [2.45, 2.75) is 51.1 Å². The first-order valence-corrected chi connectivity index (χ1v) is 8.70. The van der Waals surface area contributed by atoms with Crippen molar-refractivity contribution < 1.29 is 13.2 Å². The molecule has 8 heteroatoms. The van der Waals surface area contributed by atoms with Crippen LogP contribution in [-0.2, 0) is 0 Å². The third kappa shape index (κ3) is 2.98. The summed E-state index contributed by atoms with van der Waals surface area (Å²) in [5.74, 6) is 1.42. The zero-order valence-electron chi connectivity index (χ0n) is 13.9. The zero-order valence-corrected chi connectivity index (χ0v) is 13.9. The number of rotatable bonds is 4. The van der Waals surface area contributed by atoms with Crippen LogP contribution in [0.2, 0.25) is 0 Å². The molecule has 0 amide bonds. The van der Waals surface area contributed by atoms with E-state index in [4.69, 9.17) is 0 Å². The highest BCUT2D eigenvalue weighted by Gasteiger charge is 2.39. The maximum atomic E-state index is 12.6. The molecule has 3 aromatic heterocycles. The number of halogens is 3. The molecule has 0 aliphatic heterocycles. The van der Waals surface area contributed by atoms with Crippen molar-refractivity contribution in [3.05, 3.63) is 24.3 Å². The van der Waals surface area contributed by atoms with Gasteiger partial charge in [-0.1, -0.05) is 13.3 Å². The molecule has 0 unspecified atom stereocenters. The van der Waals surface area contributed by atoms with Gasteiger partial charge in [-0.05, 0) is 37.2 Å². The number of nitrogens with one attached hydrogen (secondary N) is 1. The highest BCUT2D eigenvalue weighted by molar-refractivity contribution is 5.74. The average Bonchev–Trinajstić information content (AvgIpc) is 3.27. The summed E-state index contributed by atoms with van der Waals surface area (Å²) in [6, 6.07) is 1.93. The lowest BCUT2D eigenvalue weighted by molar-refractivity contribution is -0.137. The maximum Gasteiger partial charge on any atom is 0.389 e. The molecule has 0 bridgehead atoms. The van der Waals surface area contributed by atoms with E-state index < -0.39 is 12.6 Å². The molecule has 25 heavy (non-hydrogen) atoms. The van der Waals surface area contributed by atoms with Crippen LogP contribution in [0.4, 0.5) is 13.2 Å². The van der Waals surface area contributed by atoms with Crippen molar-refractivity contribution in [3.63, 3.8) is 0 Å². The summed E-state index contributed by atoms with van der Waals surface area (Å²) >= 11 is 0. The lowest BCUT2D eigenvalue weighted by Gasteiger charge is -2.16. The lowest BCUT2D eigenvalue weighted by atomic mass is 9.93. The highest BCUT2D eigenvalue weighted by atomic mass is 19.4. The van der Waals surface area contributed by atoms with Crippen LogP contribution in [0.3, 0.4) is 0 Å². The van der Waals surface area contributed by atoms with E-state index in [2.05, 4.69) is 27.1 Å². The van der Waals surface area contributed by atoms with E-state index in [0.717, 1.165) is 36.3 Å². The van der Waals surface area contributed by atoms with E-state index in [-0.39, 0.29) is 18.3 Å². The van der Waals surface area contributed by atoms with Gasteiger partial charge >= 0.3 is 6.18 Å². The van der Waals surface area contributed by atoms with Crippen molar-refractivity contribution >= 4 is 16.8 Å². The van der Waals surface area contributed by atoms with Crippen LogP contribution in [0, 0.1) is 11.8 Å². The molecule has 1 fully saturated rings. The third-order valence-electron chi connectivity index (χ3n) is 5.45. The van der Waals surface area contributed by atoms with Gasteiger partial charge in [-0.2, -0.15) is 13.2 Å². The van der Waals surface area contributed by atoms with Crippen LogP contribution in [0.1, 0.15) is 50.8 Å². The van der Waals surface area contributed by atoms with E-state index in [9.17, 15) is 13.2 Å². The Hall–Kier alpha value is -2.12. The lowest BCUT2D eigenvalue weighted by Crippen LogP contribution is -2.10. The fraction of sp³-hybridized carbons (Fsp3) is 0.588. The summed E-state index contributed by atoms with van der Waals surface area (Å²) in [6.07, 6.45) is 1.41. The smallest absolute Gasteiger partial charge is 0.345 e.